The molecule has 0 amide bonds. The predicted molar refractivity (Wildman–Crippen MR) is 75.6 cm³/mol. The molecule has 0 saturated heterocycles. The van der Waals surface area contributed by atoms with E-state index in [1.165, 1.54) is 32.1 Å². The van der Waals surface area contributed by atoms with Crippen molar-refractivity contribution in [3.05, 3.63) is 29.8 Å². The molecule has 2 rings (SSSR count). The second-order valence-corrected chi connectivity index (χ2v) is 5.34. The first-order chi connectivity index (χ1) is 9.29. The van der Waals surface area contributed by atoms with Crippen LogP contribution in [0.15, 0.2) is 24.3 Å². The van der Waals surface area contributed by atoms with Crippen molar-refractivity contribution in [2.24, 2.45) is 5.92 Å². The highest BCUT2D eigenvalue weighted by atomic mass is 19.1. The van der Waals surface area contributed by atoms with Crippen LogP contribution in [0.5, 0.6) is 0 Å². The maximum Gasteiger partial charge on any atom is 0.138 e. The van der Waals surface area contributed by atoms with Gasteiger partial charge < -0.3 is 5.32 Å². The van der Waals surface area contributed by atoms with E-state index in [2.05, 4.69) is 5.32 Å². The molecule has 1 atom stereocenters. The van der Waals surface area contributed by atoms with Gasteiger partial charge >= 0.3 is 0 Å². The van der Waals surface area contributed by atoms with E-state index in [1.54, 1.807) is 6.07 Å². The first kappa shape index (κ1) is 13.9. The molecule has 0 radical (unpaired) electrons. The molecule has 1 saturated carbocycles. The summed E-state index contributed by atoms with van der Waals surface area (Å²) in [6.45, 7) is 0.971. The lowest BCUT2D eigenvalue weighted by Gasteiger charge is -2.22. The first-order valence-electron chi connectivity index (χ1n) is 7.14. The average Bonchev–Trinajstić information content (AvgIpc) is 2.47. The topological polar surface area (TPSA) is 35.8 Å². The third kappa shape index (κ3) is 4.24. The van der Waals surface area contributed by atoms with Crippen molar-refractivity contribution < 1.29 is 4.39 Å². The van der Waals surface area contributed by atoms with Gasteiger partial charge in [0.2, 0.25) is 0 Å². The number of anilines is 1. The van der Waals surface area contributed by atoms with Crippen molar-refractivity contribution in [1.29, 1.82) is 5.26 Å². The van der Waals surface area contributed by atoms with Crippen molar-refractivity contribution in [2.75, 3.05) is 11.9 Å². The zero-order valence-corrected chi connectivity index (χ0v) is 11.2. The molecule has 1 aromatic carbocycles. The van der Waals surface area contributed by atoms with Crippen molar-refractivity contribution >= 4 is 5.69 Å². The van der Waals surface area contributed by atoms with Crippen LogP contribution in [0.4, 0.5) is 10.1 Å². The van der Waals surface area contributed by atoms with Gasteiger partial charge in [-0.1, -0.05) is 31.4 Å². The fourth-order valence-corrected chi connectivity index (χ4v) is 2.69. The van der Waals surface area contributed by atoms with Crippen LogP contribution >= 0.6 is 0 Å². The van der Waals surface area contributed by atoms with E-state index in [-0.39, 0.29) is 6.42 Å². The largest absolute Gasteiger partial charge is 0.385 e. The number of hydrogen-bond donors (Lipinski definition) is 1. The van der Waals surface area contributed by atoms with Crippen LogP contribution in [0.1, 0.15) is 50.3 Å². The molecule has 0 aromatic heterocycles. The molecular formula is C16H21FN2. The molecule has 1 fully saturated rings. The minimum Gasteiger partial charge on any atom is -0.385 e. The second kappa shape index (κ2) is 7.13. The molecule has 1 unspecified atom stereocenters. The van der Waals surface area contributed by atoms with Crippen LogP contribution in [0.3, 0.4) is 0 Å². The highest BCUT2D eigenvalue weighted by molar-refractivity contribution is 5.46. The fraction of sp³-hybridized carbons (Fsp3) is 0.562. The van der Waals surface area contributed by atoms with Crippen LogP contribution in [0, 0.1) is 17.2 Å². The molecule has 19 heavy (non-hydrogen) atoms. The fourth-order valence-electron chi connectivity index (χ4n) is 2.69. The zero-order valence-electron chi connectivity index (χ0n) is 11.2. The molecule has 0 bridgehead atoms. The van der Waals surface area contributed by atoms with Gasteiger partial charge in [-0.3, -0.25) is 0 Å². The van der Waals surface area contributed by atoms with Crippen molar-refractivity contribution in [1.82, 2.24) is 0 Å². The van der Waals surface area contributed by atoms with Crippen molar-refractivity contribution in [3.8, 4) is 6.07 Å². The quantitative estimate of drug-likeness (QED) is 0.839. The van der Waals surface area contributed by atoms with Gasteiger partial charge in [0, 0.05) is 12.2 Å². The molecule has 102 valence electrons. The molecule has 1 aliphatic rings. The standard InChI is InChI=1S/C16H21FN2/c17-16(9-10-18)14-7-4-8-15(11-14)19-12-13-5-2-1-3-6-13/h4,7-8,11,13,16,19H,1-3,5-6,9,12H2. The Bertz CT molecular complexity index is 433. The molecule has 3 heteroatoms. The summed E-state index contributed by atoms with van der Waals surface area (Å²) in [7, 11) is 0. The normalized spacial score (nSPS) is 17.7. The lowest BCUT2D eigenvalue weighted by molar-refractivity contribution is 0.350. The monoisotopic (exact) mass is 260 g/mol. The zero-order chi connectivity index (χ0) is 13.5. The lowest BCUT2D eigenvalue weighted by atomic mass is 9.89. The Kier molecular flexibility index (Phi) is 5.20. The summed E-state index contributed by atoms with van der Waals surface area (Å²) in [6, 6.07) is 9.26. The van der Waals surface area contributed by atoms with Gasteiger partial charge in [0.1, 0.15) is 6.17 Å². The van der Waals surface area contributed by atoms with E-state index in [4.69, 9.17) is 5.26 Å². The van der Waals surface area contributed by atoms with E-state index >= 15 is 0 Å². The van der Waals surface area contributed by atoms with E-state index < -0.39 is 6.17 Å². The summed E-state index contributed by atoms with van der Waals surface area (Å²) in [5.74, 6) is 0.748. The molecule has 0 aliphatic heterocycles. The summed E-state index contributed by atoms with van der Waals surface area (Å²) >= 11 is 0. The predicted octanol–water partition coefficient (Wildman–Crippen LogP) is 4.60. The SMILES string of the molecule is N#CCC(F)c1cccc(NCC2CCCCC2)c1. The number of nitrogens with zero attached hydrogens (tertiary/aromatic N) is 1. The Morgan fingerprint density at radius 1 is 1.32 bits per heavy atom. The van der Waals surface area contributed by atoms with Crippen LogP contribution in [-0.4, -0.2) is 6.54 Å². The molecule has 1 aliphatic carbocycles. The number of nitrogens with one attached hydrogen (secondary N) is 1. The van der Waals surface area contributed by atoms with Crippen molar-refractivity contribution in [2.45, 2.75) is 44.7 Å². The minimum absolute atomic E-state index is 0.0773. The smallest absolute Gasteiger partial charge is 0.138 e. The van der Waals surface area contributed by atoms with Crippen LogP contribution in [0.25, 0.3) is 0 Å². The molecular weight excluding hydrogens is 239 g/mol. The van der Waals surface area contributed by atoms with Gasteiger partial charge in [0.25, 0.3) is 0 Å². The molecule has 2 nitrogen and oxygen atoms in total. The molecule has 0 spiro atoms. The molecule has 1 N–H and O–H groups in total. The van der Waals surface area contributed by atoms with E-state index in [9.17, 15) is 4.39 Å². The third-order valence-electron chi connectivity index (χ3n) is 3.84. The number of halogens is 1. The maximum absolute atomic E-state index is 13.7. The van der Waals surface area contributed by atoms with Gasteiger partial charge in [-0.2, -0.15) is 5.26 Å². The summed E-state index contributed by atoms with van der Waals surface area (Å²) in [5, 5.41) is 11.9. The Hall–Kier alpha value is -1.56. The Morgan fingerprint density at radius 2 is 2.11 bits per heavy atom. The average molecular weight is 260 g/mol. The minimum atomic E-state index is -1.18. The molecule has 1 aromatic rings. The summed E-state index contributed by atoms with van der Waals surface area (Å²) in [6.07, 6.45) is 5.37. The highest BCUT2D eigenvalue weighted by Crippen LogP contribution is 2.26. The summed E-state index contributed by atoms with van der Waals surface area (Å²) < 4.78 is 13.7. The van der Waals surface area contributed by atoms with Crippen molar-refractivity contribution in [3.63, 3.8) is 0 Å². The third-order valence-corrected chi connectivity index (χ3v) is 3.84. The summed E-state index contributed by atoms with van der Waals surface area (Å²) in [5.41, 5.74) is 1.55. The number of alkyl halides is 1. The number of benzene rings is 1. The maximum atomic E-state index is 13.7. The number of nitriles is 1. The van der Waals surface area contributed by atoms with Crippen LogP contribution < -0.4 is 5.32 Å². The summed E-state index contributed by atoms with van der Waals surface area (Å²) in [4.78, 5) is 0. The number of hydrogen-bond acceptors (Lipinski definition) is 2. The van der Waals surface area contributed by atoms with Crippen LogP contribution in [-0.2, 0) is 0 Å². The Labute approximate surface area is 114 Å². The van der Waals surface area contributed by atoms with E-state index in [0.29, 0.717) is 5.56 Å². The van der Waals surface area contributed by atoms with E-state index in [1.807, 2.05) is 24.3 Å². The van der Waals surface area contributed by atoms with Crippen LogP contribution in [0.2, 0.25) is 0 Å². The lowest BCUT2D eigenvalue weighted by Crippen LogP contribution is -2.17. The van der Waals surface area contributed by atoms with Gasteiger partial charge in [0.05, 0.1) is 12.5 Å². The highest BCUT2D eigenvalue weighted by Gasteiger charge is 2.13. The Morgan fingerprint density at radius 3 is 2.84 bits per heavy atom. The van der Waals surface area contributed by atoms with Gasteiger partial charge in [-0.25, -0.2) is 4.39 Å². The first-order valence-corrected chi connectivity index (χ1v) is 7.14. The van der Waals surface area contributed by atoms with Gasteiger partial charge in [0.15, 0.2) is 0 Å². The van der Waals surface area contributed by atoms with E-state index in [0.717, 1.165) is 18.2 Å². The van der Waals surface area contributed by atoms with Gasteiger partial charge in [-0.05, 0) is 36.5 Å². The molecule has 0 heterocycles. The van der Waals surface area contributed by atoms with Gasteiger partial charge in [-0.15, -0.1) is 0 Å². The Balaban J connectivity index is 1.89. The number of rotatable bonds is 5. The second-order valence-electron chi connectivity index (χ2n) is 5.34.